The molecule has 0 spiro atoms. The van der Waals surface area contributed by atoms with Crippen LogP contribution >= 0.6 is 38.9 Å². The number of H-pyrrole nitrogens is 1. The van der Waals surface area contributed by atoms with E-state index < -0.39 is 0 Å². The molecule has 3 rings (SSSR count). The Balaban J connectivity index is 1.64. The fourth-order valence-corrected chi connectivity index (χ4v) is 3.07. The summed E-state index contributed by atoms with van der Waals surface area (Å²) in [6, 6.07) is 12.9. The average molecular weight is 410 g/mol. The molecule has 3 aromatic rings. The van der Waals surface area contributed by atoms with Gasteiger partial charge in [-0.05, 0) is 35.9 Å². The predicted molar refractivity (Wildman–Crippen MR) is 96.1 cm³/mol. The Morgan fingerprint density at radius 2 is 2.09 bits per heavy atom. The van der Waals surface area contributed by atoms with Crippen LogP contribution in [0.15, 0.2) is 52.0 Å². The Kier molecular flexibility index (Phi) is 4.90. The monoisotopic (exact) mass is 408 g/mol. The zero-order chi connectivity index (χ0) is 16.2. The van der Waals surface area contributed by atoms with Crippen LogP contribution in [-0.2, 0) is 0 Å². The van der Waals surface area contributed by atoms with E-state index in [4.69, 9.17) is 11.6 Å². The van der Waals surface area contributed by atoms with Gasteiger partial charge in [0.15, 0.2) is 5.69 Å². The van der Waals surface area contributed by atoms with Gasteiger partial charge in [-0.3, -0.25) is 9.89 Å². The van der Waals surface area contributed by atoms with Gasteiger partial charge in [0.2, 0.25) is 0 Å². The van der Waals surface area contributed by atoms with Crippen molar-refractivity contribution in [1.29, 1.82) is 0 Å². The molecule has 0 radical (unpaired) electrons. The highest BCUT2D eigenvalue weighted by Gasteiger charge is 2.11. The Bertz CT molecular complexity index is 857. The van der Waals surface area contributed by atoms with Crippen molar-refractivity contribution in [1.82, 2.24) is 15.6 Å². The molecule has 2 N–H and O–H groups in total. The smallest absolute Gasteiger partial charge is 0.276 e. The SMILES string of the molecule is O=C(N/N=C\c1ccc(Br)cc1)c1cc(-c2ccc(Cl)s2)[nH]n1. The standard InChI is InChI=1S/C15H10BrClN4OS/c16-10-3-1-9(2-4-10)8-18-21-15(22)12-7-11(19-20-12)13-5-6-14(17)23-13/h1-8H,(H,19,20)(H,21,22)/b18-8-. The number of carbonyl (C=O) groups is 1. The second-order valence-corrected chi connectivity index (χ2v) is 7.15. The normalized spacial score (nSPS) is 11.0. The molecular formula is C15H10BrClN4OS. The van der Waals surface area contributed by atoms with Crippen LogP contribution in [0.25, 0.3) is 10.6 Å². The van der Waals surface area contributed by atoms with Crippen LogP contribution in [0.4, 0.5) is 0 Å². The van der Waals surface area contributed by atoms with Crippen LogP contribution in [0.1, 0.15) is 16.1 Å². The first-order valence-corrected chi connectivity index (χ1v) is 8.50. The molecule has 116 valence electrons. The highest BCUT2D eigenvalue weighted by Crippen LogP contribution is 2.29. The molecule has 23 heavy (non-hydrogen) atoms. The van der Waals surface area contributed by atoms with E-state index in [1.165, 1.54) is 11.3 Å². The number of rotatable bonds is 4. The molecule has 2 aromatic heterocycles. The van der Waals surface area contributed by atoms with Crippen molar-refractivity contribution < 1.29 is 4.79 Å². The van der Waals surface area contributed by atoms with E-state index in [2.05, 4.69) is 36.7 Å². The molecule has 0 atom stereocenters. The number of carbonyl (C=O) groups excluding carboxylic acids is 1. The number of hydrazone groups is 1. The number of thiophene rings is 1. The van der Waals surface area contributed by atoms with Crippen molar-refractivity contribution in [2.75, 3.05) is 0 Å². The summed E-state index contributed by atoms with van der Waals surface area (Å²) in [6.07, 6.45) is 1.57. The third-order valence-electron chi connectivity index (χ3n) is 2.90. The molecule has 0 aliphatic carbocycles. The number of amides is 1. The van der Waals surface area contributed by atoms with Crippen molar-refractivity contribution in [2.24, 2.45) is 5.10 Å². The van der Waals surface area contributed by atoms with Crippen molar-refractivity contribution in [3.8, 4) is 10.6 Å². The van der Waals surface area contributed by atoms with E-state index in [1.807, 2.05) is 30.3 Å². The van der Waals surface area contributed by atoms with E-state index in [1.54, 1.807) is 18.3 Å². The van der Waals surface area contributed by atoms with Crippen molar-refractivity contribution in [2.45, 2.75) is 0 Å². The van der Waals surface area contributed by atoms with Crippen LogP contribution in [0.5, 0.6) is 0 Å². The maximum absolute atomic E-state index is 12.0. The van der Waals surface area contributed by atoms with Crippen LogP contribution in [0.3, 0.4) is 0 Å². The third-order valence-corrected chi connectivity index (χ3v) is 4.69. The van der Waals surface area contributed by atoms with Gasteiger partial charge in [0.1, 0.15) is 0 Å². The van der Waals surface area contributed by atoms with Crippen LogP contribution < -0.4 is 5.43 Å². The lowest BCUT2D eigenvalue weighted by atomic mass is 10.2. The molecule has 0 saturated carbocycles. The molecule has 0 bridgehead atoms. The lowest BCUT2D eigenvalue weighted by molar-refractivity contribution is 0.0950. The fourth-order valence-electron chi connectivity index (χ4n) is 1.79. The second-order valence-electron chi connectivity index (χ2n) is 4.52. The summed E-state index contributed by atoms with van der Waals surface area (Å²) in [5, 5.41) is 10.7. The lowest BCUT2D eigenvalue weighted by Crippen LogP contribution is -2.17. The van der Waals surface area contributed by atoms with Gasteiger partial charge in [0, 0.05) is 4.47 Å². The topological polar surface area (TPSA) is 70.1 Å². The van der Waals surface area contributed by atoms with E-state index in [0.717, 1.165) is 20.6 Å². The Morgan fingerprint density at radius 3 is 2.78 bits per heavy atom. The molecule has 2 heterocycles. The number of hydrogen-bond acceptors (Lipinski definition) is 4. The first kappa shape index (κ1) is 15.9. The molecule has 1 amide bonds. The zero-order valence-electron chi connectivity index (χ0n) is 11.6. The number of hydrogen-bond donors (Lipinski definition) is 2. The maximum atomic E-state index is 12.0. The first-order chi connectivity index (χ1) is 11.1. The predicted octanol–water partition coefficient (Wildman–Crippen LogP) is 4.32. The lowest BCUT2D eigenvalue weighted by Gasteiger charge is -1.95. The van der Waals surface area contributed by atoms with E-state index in [-0.39, 0.29) is 11.6 Å². The number of halogens is 2. The maximum Gasteiger partial charge on any atom is 0.291 e. The second kappa shape index (κ2) is 7.08. The number of aromatic nitrogens is 2. The summed E-state index contributed by atoms with van der Waals surface area (Å²) in [7, 11) is 0. The van der Waals surface area contributed by atoms with Crippen LogP contribution in [0.2, 0.25) is 4.34 Å². The van der Waals surface area contributed by atoms with Gasteiger partial charge in [-0.1, -0.05) is 39.7 Å². The summed E-state index contributed by atoms with van der Waals surface area (Å²) in [5.74, 6) is -0.386. The Labute approximate surface area is 149 Å². The minimum Gasteiger partial charge on any atom is -0.276 e. The van der Waals surface area contributed by atoms with E-state index in [9.17, 15) is 4.79 Å². The van der Waals surface area contributed by atoms with Gasteiger partial charge >= 0.3 is 0 Å². The highest BCUT2D eigenvalue weighted by molar-refractivity contribution is 9.10. The summed E-state index contributed by atoms with van der Waals surface area (Å²) in [4.78, 5) is 12.9. The zero-order valence-corrected chi connectivity index (χ0v) is 14.7. The number of benzene rings is 1. The summed E-state index contributed by atoms with van der Waals surface area (Å²) < 4.78 is 1.66. The molecule has 5 nitrogen and oxygen atoms in total. The number of nitrogens with one attached hydrogen (secondary N) is 2. The molecule has 0 fully saturated rings. The van der Waals surface area contributed by atoms with Gasteiger partial charge in [-0.25, -0.2) is 5.43 Å². The Morgan fingerprint density at radius 1 is 1.30 bits per heavy atom. The summed E-state index contributed by atoms with van der Waals surface area (Å²) in [6.45, 7) is 0. The number of aromatic amines is 1. The van der Waals surface area contributed by atoms with Gasteiger partial charge in [0.05, 0.1) is 21.1 Å². The number of nitrogens with zero attached hydrogens (tertiary/aromatic N) is 2. The van der Waals surface area contributed by atoms with Gasteiger partial charge in [-0.15, -0.1) is 11.3 Å². The average Bonchev–Trinajstić information content (AvgIpc) is 3.18. The van der Waals surface area contributed by atoms with Crippen molar-refractivity contribution >= 4 is 51.0 Å². The van der Waals surface area contributed by atoms with Crippen LogP contribution in [0, 0.1) is 0 Å². The third kappa shape index (κ3) is 4.07. The Hall–Kier alpha value is -1.96. The van der Waals surface area contributed by atoms with Gasteiger partial charge in [0.25, 0.3) is 5.91 Å². The van der Waals surface area contributed by atoms with Gasteiger partial charge in [-0.2, -0.15) is 10.2 Å². The molecule has 0 unspecified atom stereocenters. The largest absolute Gasteiger partial charge is 0.291 e. The fraction of sp³-hybridized carbons (Fsp3) is 0. The van der Waals surface area contributed by atoms with Gasteiger partial charge < -0.3 is 0 Å². The molecule has 0 saturated heterocycles. The molecule has 0 aliphatic rings. The summed E-state index contributed by atoms with van der Waals surface area (Å²) >= 11 is 10.7. The quantitative estimate of drug-likeness (QED) is 0.498. The minimum atomic E-state index is -0.386. The highest BCUT2D eigenvalue weighted by atomic mass is 79.9. The van der Waals surface area contributed by atoms with E-state index >= 15 is 0 Å². The first-order valence-electron chi connectivity index (χ1n) is 6.52. The van der Waals surface area contributed by atoms with Crippen LogP contribution in [-0.4, -0.2) is 22.3 Å². The van der Waals surface area contributed by atoms with Crippen molar-refractivity contribution in [3.05, 3.63) is 62.5 Å². The molecule has 1 aromatic carbocycles. The van der Waals surface area contributed by atoms with Crippen molar-refractivity contribution in [3.63, 3.8) is 0 Å². The minimum absolute atomic E-state index is 0.262. The molecular weight excluding hydrogens is 400 g/mol. The van der Waals surface area contributed by atoms with E-state index in [0.29, 0.717) is 4.34 Å². The summed E-state index contributed by atoms with van der Waals surface area (Å²) in [5.41, 5.74) is 4.33. The molecule has 8 heteroatoms. The molecule has 0 aliphatic heterocycles.